The number of rotatable bonds is 9. The topological polar surface area (TPSA) is 93.1 Å². The molecule has 0 bridgehead atoms. The number of para-hydroxylation sites is 1. The number of carboxylic acid groups (broad SMARTS) is 1. The van der Waals surface area contributed by atoms with Crippen molar-refractivity contribution in [2.45, 2.75) is 39.1 Å². The van der Waals surface area contributed by atoms with Crippen molar-refractivity contribution in [2.75, 3.05) is 7.05 Å². The van der Waals surface area contributed by atoms with Crippen LogP contribution in [-0.2, 0) is 20.3 Å². The molecular formula is C25H28NO6P. The van der Waals surface area contributed by atoms with Crippen molar-refractivity contribution < 1.29 is 28.5 Å². The number of esters is 1. The van der Waals surface area contributed by atoms with Gasteiger partial charge in [0.15, 0.2) is 0 Å². The maximum absolute atomic E-state index is 14.2. The van der Waals surface area contributed by atoms with Crippen LogP contribution < -0.4 is 4.52 Å². The van der Waals surface area contributed by atoms with E-state index in [4.69, 9.17) is 9.26 Å². The number of carboxylic acids is 1. The molecule has 0 amide bonds. The van der Waals surface area contributed by atoms with E-state index < -0.39 is 25.5 Å². The first-order valence-corrected chi connectivity index (χ1v) is 12.4. The van der Waals surface area contributed by atoms with Crippen LogP contribution in [0.15, 0.2) is 66.7 Å². The molecule has 2 atom stereocenters. The molecule has 174 valence electrons. The maximum atomic E-state index is 14.2. The highest BCUT2D eigenvalue weighted by molar-refractivity contribution is 7.56. The van der Waals surface area contributed by atoms with Crippen molar-refractivity contribution in [1.29, 1.82) is 0 Å². The SMILES string of the molecule is CC(C)OC(=O)[C@H](C)N(C)P(=O)(Cc1ccc2ccc(C(=O)O)cc2c1)Oc1ccccc1. The zero-order valence-electron chi connectivity index (χ0n) is 19.1. The Hall–Kier alpha value is -3.15. The maximum Gasteiger partial charge on any atom is 0.335 e. The van der Waals surface area contributed by atoms with E-state index in [0.717, 1.165) is 5.39 Å². The Morgan fingerprint density at radius 2 is 1.64 bits per heavy atom. The van der Waals surface area contributed by atoms with Gasteiger partial charge in [-0.1, -0.05) is 42.5 Å². The summed E-state index contributed by atoms with van der Waals surface area (Å²) in [5.41, 5.74) is 0.867. The van der Waals surface area contributed by atoms with Gasteiger partial charge in [-0.05, 0) is 68.4 Å². The number of ether oxygens (including phenoxy) is 1. The molecule has 0 aliphatic rings. The zero-order chi connectivity index (χ0) is 24.2. The molecule has 0 saturated heterocycles. The molecule has 8 heteroatoms. The lowest BCUT2D eigenvalue weighted by atomic mass is 10.0. The number of hydrogen-bond acceptors (Lipinski definition) is 5. The number of nitrogens with zero attached hydrogens (tertiary/aromatic N) is 1. The first kappa shape index (κ1) is 24.5. The molecule has 0 aromatic heterocycles. The third-order valence-electron chi connectivity index (χ3n) is 5.26. The van der Waals surface area contributed by atoms with Crippen LogP contribution in [-0.4, -0.2) is 40.9 Å². The van der Waals surface area contributed by atoms with Crippen LogP contribution in [0.1, 0.15) is 36.7 Å². The van der Waals surface area contributed by atoms with Gasteiger partial charge in [0, 0.05) is 0 Å². The molecule has 3 aromatic rings. The molecule has 0 radical (unpaired) electrons. The van der Waals surface area contributed by atoms with Gasteiger partial charge >= 0.3 is 19.5 Å². The lowest BCUT2D eigenvalue weighted by molar-refractivity contribution is -0.151. The number of aromatic carboxylic acids is 1. The lowest BCUT2D eigenvalue weighted by Gasteiger charge is -2.32. The average molecular weight is 469 g/mol. The fraction of sp³-hybridized carbons (Fsp3) is 0.280. The van der Waals surface area contributed by atoms with Gasteiger partial charge in [-0.3, -0.25) is 9.36 Å². The molecule has 0 heterocycles. The van der Waals surface area contributed by atoms with E-state index in [1.54, 1.807) is 76.3 Å². The van der Waals surface area contributed by atoms with Crippen molar-refractivity contribution in [3.05, 3.63) is 77.9 Å². The Labute approximate surface area is 193 Å². The minimum Gasteiger partial charge on any atom is -0.478 e. The number of carbonyl (C=O) groups excluding carboxylic acids is 1. The summed E-state index contributed by atoms with van der Waals surface area (Å²) in [6.45, 7) is 5.14. The largest absolute Gasteiger partial charge is 0.478 e. The molecule has 7 nitrogen and oxygen atoms in total. The summed E-state index contributed by atoms with van der Waals surface area (Å²) in [6, 6.07) is 18.3. The average Bonchev–Trinajstić information content (AvgIpc) is 2.77. The summed E-state index contributed by atoms with van der Waals surface area (Å²) < 4.78 is 26.9. The summed E-state index contributed by atoms with van der Waals surface area (Å²) in [4.78, 5) is 23.9. The molecule has 1 N–H and O–H groups in total. The number of hydrogen-bond donors (Lipinski definition) is 1. The van der Waals surface area contributed by atoms with E-state index in [0.29, 0.717) is 16.7 Å². The summed E-state index contributed by atoms with van der Waals surface area (Å²) in [6.07, 6.45) is -0.281. The minimum absolute atomic E-state index is 0.0188. The van der Waals surface area contributed by atoms with Crippen LogP contribution in [0.4, 0.5) is 0 Å². The van der Waals surface area contributed by atoms with E-state index in [2.05, 4.69) is 0 Å². The summed E-state index contributed by atoms with van der Waals surface area (Å²) in [7, 11) is -2.02. The normalized spacial score (nSPS) is 14.1. The smallest absolute Gasteiger partial charge is 0.335 e. The van der Waals surface area contributed by atoms with Gasteiger partial charge in [-0.25, -0.2) is 9.46 Å². The van der Waals surface area contributed by atoms with Gasteiger partial charge in [0.1, 0.15) is 11.8 Å². The summed E-state index contributed by atoms with van der Waals surface area (Å²) in [5.74, 6) is -1.09. The Kier molecular flexibility index (Phi) is 7.57. The lowest BCUT2D eigenvalue weighted by Crippen LogP contribution is -2.37. The quantitative estimate of drug-likeness (QED) is 0.323. The fourth-order valence-electron chi connectivity index (χ4n) is 3.36. The Morgan fingerprint density at radius 3 is 2.27 bits per heavy atom. The van der Waals surface area contributed by atoms with Crippen molar-refractivity contribution in [2.24, 2.45) is 0 Å². The Balaban J connectivity index is 1.97. The van der Waals surface area contributed by atoms with Gasteiger partial charge in [-0.15, -0.1) is 0 Å². The molecule has 0 aliphatic carbocycles. The molecule has 0 fully saturated rings. The van der Waals surface area contributed by atoms with Gasteiger partial charge in [0.2, 0.25) is 0 Å². The van der Waals surface area contributed by atoms with Gasteiger partial charge in [-0.2, -0.15) is 0 Å². The Bertz CT molecular complexity index is 1190. The van der Waals surface area contributed by atoms with E-state index in [-0.39, 0.29) is 17.8 Å². The van der Waals surface area contributed by atoms with Crippen LogP contribution in [0.5, 0.6) is 5.75 Å². The highest BCUT2D eigenvalue weighted by atomic mass is 31.2. The highest BCUT2D eigenvalue weighted by Crippen LogP contribution is 2.54. The van der Waals surface area contributed by atoms with E-state index in [1.807, 2.05) is 18.2 Å². The van der Waals surface area contributed by atoms with E-state index >= 15 is 0 Å². The van der Waals surface area contributed by atoms with Crippen LogP contribution >= 0.6 is 7.52 Å². The molecule has 3 rings (SSSR count). The molecule has 3 aromatic carbocycles. The number of benzene rings is 3. The first-order valence-electron chi connectivity index (χ1n) is 10.6. The van der Waals surface area contributed by atoms with Crippen LogP contribution in [0.25, 0.3) is 10.8 Å². The molecule has 33 heavy (non-hydrogen) atoms. The van der Waals surface area contributed by atoms with Gasteiger partial charge in [0.25, 0.3) is 0 Å². The van der Waals surface area contributed by atoms with Crippen molar-refractivity contribution >= 4 is 30.2 Å². The minimum atomic E-state index is -3.60. The van der Waals surface area contributed by atoms with E-state index in [1.165, 1.54) is 4.67 Å². The van der Waals surface area contributed by atoms with Crippen molar-refractivity contribution in [3.63, 3.8) is 0 Å². The second-order valence-electron chi connectivity index (χ2n) is 8.14. The predicted octanol–water partition coefficient (Wildman–Crippen LogP) is 5.58. The Morgan fingerprint density at radius 1 is 0.970 bits per heavy atom. The number of carbonyl (C=O) groups is 2. The van der Waals surface area contributed by atoms with Gasteiger partial charge in [0.05, 0.1) is 17.8 Å². The molecule has 0 aliphatic heterocycles. The molecular weight excluding hydrogens is 441 g/mol. The first-order chi connectivity index (χ1) is 15.6. The second-order valence-corrected chi connectivity index (χ2v) is 10.5. The predicted molar refractivity (Wildman–Crippen MR) is 128 cm³/mol. The van der Waals surface area contributed by atoms with Crippen molar-refractivity contribution in [3.8, 4) is 5.75 Å². The zero-order valence-corrected chi connectivity index (χ0v) is 20.0. The third-order valence-corrected chi connectivity index (χ3v) is 7.83. The van der Waals surface area contributed by atoms with Gasteiger partial charge < -0.3 is 14.4 Å². The standard InChI is InChI=1S/C25H28NO6P/c1-17(2)31-25(29)18(3)26(4)33(30,32-23-8-6-5-7-9-23)16-19-10-11-20-12-13-21(24(27)28)15-22(20)14-19/h5-15,17-18H,16H2,1-4H3,(H,27,28)/t18-,33?/m0/s1. The van der Waals surface area contributed by atoms with Crippen LogP contribution in [0, 0.1) is 0 Å². The second kappa shape index (κ2) is 10.2. The number of likely N-dealkylation sites (N-methyl/N-ethyl adjacent to an activating group) is 1. The monoisotopic (exact) mass is 469 g/mol. The molecule has 1 unspecified atom stereocenters. The summed E-state index contributed by atoms with van der Waals surface area (Å²) >= 11 is 0. The molecule has 0 spiro atoms. The van der Waals surface area contributed by atoms with E-state index in [9.17, 15) is 19.3 Å². The van der Waals surface area contributed by atoms with Crippen molar-refractivity contribution in [1.82, 2.24) is 4.67 Å². The number of fused-ring (bicyclic) bond motifs is 1. The summed E-state index contributed by atoms with van der Waals surface area (Å²) in [5, 5.41) is 10.9. The fourth-order valence-corrected chi connectivity index (χ4v) is 5.51. The van der Waals surface area contributed by atoms with Crippen LogP contribution in [0.2, 0.25) is 0 Å². The van der Waals surface area contributed by atoms with Crippen LogP contribution in [0.3, 0.4) is 0 Å². The molecule has 0 saturated carbocycles. The highest BCUT2D eigenvalue weighted by Gasteiger charge is 2.37. The third kappa shape index (κ3) is 6.01.